The zero-order valence-corrected chi connectivity index (χ0v) is 11.4. The maximum absolute atomic E-state index is 11.7. The van der Waals surface area contributed by atoms with E-state index in [0.717, 1.165) is 18.6 Å². The molecular formula is C14H19NO2S. The summed E-state index contributed by atoms with van der Waals surface area (Å²) in [5, 5.41) is 12.0. The Balaban J connectivity index is 1.70. The highest BCUT2D eigenvalue weighted by atomic mass is 32.2. The van der Waals surface area contributed by atoms with Crippen LogP contribution in [0.25, 0.3) is 0 Å². The van der Waals surface area contributed by atoms with Gasteiger partial charge in [0.1, 0.15) is 0 Å². The van der Waals surface area contributed by atoms with Gasteiger partial charge in [-0.1, -0.05) is 29.8 Å². The van der Waals surface area contributed by atoms with Gasteiger partial charge in [0.2, 0.25) is 5.91 Å². The number of nitrogens with one attached hydrogen (secondary N) is 1. The van der Waals surface area contributed by atoms with E-state index in [9.17, 15) is 4.79 Å². The van der Waals surface area contributed by atoms with Crippen molar-refractivity contribution in [2.75, 3.05) is 12.4 Å². The molecule has 0 unspecified atom stereocenters. The minimum atomic E-state index is -0.291. The van der Waals surface area contributed by atoms with Crippen LogP contribution in [0.3, 0.4) is 0 Å². The maximum Gasteiger partial charge on any atom is 0.230 e. The molecule has 0 saturated heterocycles. The first-order valence-corrected chi connectivity index (χ1v) is 7.34. The second-order valence-corrected chi connectivity index (χ2v) is 5.95. The summed E-state index contributed by atoms with van der Waals surface area (Å²) in [6, 6.07) is 8.32. The number of thioether (sulfide) groups is 1. The highest BCUT2D eigenvalue weighted by molar-refractivity contribution is 7.99. The van der Waals surface area contributed by atoms with E-state index in [4.69, 9.17) is 5.11 Å². The molecule has 1 fully saturated rings. The zero-order chi connectivity index (χ0) is 13.0. The Hall–Kier alpha value is -1.00. The van der Waals surface area contributed by atoms with Crippen LogP contribution in [0.5, 0.6) is 0 Å². The van der Waals surface area contributed by atoms with Gasteiger partial charge in [0.05, 0.1) is 17.9 Å². The lowest BCUT2D eigenvalue weighted by Crippen LogP contribution is -2.40. The number of aliphatic hydroxyl groups excluding tert-OH is 1. The molecule has 2 rings (SSSR count). The number of carbonyl (C=O) groups is 1. The Morgan fingerprint density at radius 2 is 2.28 bits per heavy atom. The third-order valence-corrected chi connectivity index (χ3v) is 4.15. The van der Waals surface area contributed by atoms with E-state index >= 15 is 0 Å². The minimum Gasteiger partial charge on any atom is -0.394 e. The van der Waals surface area contributed by atoms with Gasteiger partial charge >= 0.3 is 0 Å². The van der Waals surface area contributed by atoms with Crippen LogP contribution in [0.1, 0.15) is 24.0 Å². The molecule has 1 aliphatic rings. The van der Waals surface area contributed by atoms with Crippen LogP contribution < -0.4 is 5.32 Å². The van der Waals surface area contributed by atoms with Gasteiger partial charge in [0.25, 0.3) is 0 Å². The average molecular weight is 265 g/mol. The van der Waals surface area contributed by atoms with Crippen LogP contribution in [0, 0.1) is 6.92 Å². The predicted octanol–water partition coefficient (Wildman–Crippen LogP) is 1.87. The van der Waals surface area contributed by atoms with E-state index in [1.807, 2.05) is 6.07 Å². The molecule has 0 aliphatic heterocycles. The van der Waals surface area contributed by atoms with E-state index < -0.39 is 0 Å². The van der Waals surface area contributed by atoms with Crippen molar-refractivity contribution in [3.8, 4) is 0 Å². The Morgan fingerprint density at radius 3 is 2.89 bits per heavy atom. The molecule has 2 N–H and O–H groups in total. The van der Waals surface area contributed by atoms with Gasteiger partial charge in [-0.15, -0.1) is 11.8 Å². The van der Waals surface area contributed by atoms with E-state index in [-0.39, 0.29) is 18.1 Å². The highest BCUT2D eigenvalue weighted by Gasteiger charge is 2.43. The molecule has 98 valence electrons. The fourth-order valence-electron chi connectivity index (χ4n) is 1.87. The SMILES string of the molecule is Cc1cccc(CSCC(=O)NC2(CO)CC2)c1. The van der Waals surface area contributed by atoms with Gasteiger partial charge in [-0.2, -0.15) is 0 Å². The van der Waals surface area contributed by atoms with Crippen LogP contribution in [-0.2, 0) is 10.5 Å². The van der Waals surface area contributed by atoms with Gasteiger partial charge < -0.3 is 10.4 Å². The molecule has 1 saturated carbocycles. The van der Waals surface area contributed by atoms with E-state index in [0.29, 0.717) is 5.75 Å². The summed E-state index contributed by atoms with van der Waals surface area (Å²) < 4.78 is 0. The Kier molecular flexibility index (Phi) is 4.30. The van der Waals surface area contributed by atoms with E-state index in [1.54, 1.807) is 11.8 Å². The first kappa shape index (κ1) is 13.4. The lowest BCUT2D eigenvalue weighted by Gasteiger charge is -2.13. The molecule has 1 amide bonds. The smallest absolute Gasteiger partial charge is 0.230 e. The van der Waals surface area contributed by atoms with Gasteiger partial charge in [0, 0.05) is 5.75 Å². The Morgan fingerprint density at radius 1 is 1.50 bits per heavy atom. The molecule has 1 aromatic carbocycles. The van der Waals surface area contributed by atoms with Crippen molar-refractivity contribution in [2.45, 2.75) is 31.1 Å². The quantitative estimate of drug-likeness (QED) is 0.825. The zero-order valence-electron chi connectivity index (χ0n) is 10.6. The first-order valence-electron chi connectivity index (χ1n) is 6.19. The second-order valence-electron chi connectivity index (χ2n) is 4.97. The third-order valence-electron chi connectivity index (χ3n) is 3.15. The van der Waals surface area contributed by atoms with Crippen LogP contribution >= 0.6 is 11.8 Å². The van der Waals surface area contributed by atoms with Gasteiger partial charge in [-0.05, 0) is 25.3 Å². The standard InChI is InChI=1S/C14H19NO2S/c1-11-3-2-4-12(7-11)8-18-9-13(17)15-14(10-16)5-6-14/h2-4,7,16H,5-6,8-10H2,1H3,(H,15,17). The monoisotopic (exact) mass is 265 g/mol. The molecule has 18 heavy (non-hydrogen) atoms. The molecule has 0 atom stereocenters. The molecule has 4 heteroatoms. The summed E-state index contributed by atoms with van der Waals surface area (Å²) in [6.45, 7) is 2.13. The summed E-state index contributed by atoms with van der Waals surface area (Å²) in [5.41, 5.74) is 2.20. The van der Waals surface area contributed by atoms with Gasteiger partial charge in [-0.25, -0.2) is 0 Å². The number of aliphatic hydroxyl groups is 1. The topological polar surface area (TPSA) is 49.3 Å². The minimum absolute atomic E-state index is 0.0270. The molecule has 0 heterocycles. The van der Waals surface area contributed by atoms with Crippen molar-refractivity contribution in [1.82, 2.24) is 5.32 Å². The molecule has 0 aromatic heterocycles. The number of hydrogen-bond acceptors (Lipinski definition) is 3. The van der Waals surface area contributed by atoms with Crippen LogP contribution in [0.4, 0.5) is 0 Å². The normalized spacial score (nSPS) is 16.3. The first-order chi connectivity index (χ1) is 8.63. The van der Waals surface area contributed by atoms with Crippen molar-refractivity contribution in [3.05, 3.63) is 35.4 Å². The fraction of sp³-hybridized carbons (Fsp3) is 0.500. The van der Waals surface area contributed by atoms with E-state index in [1.165, 1.54) is 11.1 Å². The largest absolute Gasteiger partial charge is 0.394 e. The number of amides is 1. The molecule has 1 aliphatic carbocycles. The lowest BCUT2D eigenvalue weighted by molar-refractivity contribution is -0.119. The van der Waals surface area contributed by atoms with Crippen molar-refractivity contribution >= 4 is 17.7 Å². The van der Waals surface area contributed by atoms with Crippen molar-refractivity contribution in [1.29, 1.82) is 0 Å². The summed E-state index contributed by atoms with van der Waals surface area (Å²) in [7, 11) is 0. The average Bonchev–Trinajstić information content (AvgIpc) is 3.09. The third kappa shape index (κ3) is 3.75. The van der Waals surface area contributed by atoms with E-state index in [2.05, 4.69) is 30.4 Å². The molecule has 0 bridgehead atoms. The summed E-state index contributed by atoms with van der Waals surface area (Å²) >= 11 is 1.61. The fourth-order valence-corrected chi connectivity index (χ4v) is 2.64. The number of rotatable bonds is 6. The molecular weight excluding hydrogens is 246 g/mol. The van der Waals surface area contributed by atoms with Crippen molar-refractivity contribution in [2.24, 2.45) is 0 Å². The molecule has 0 spiro atoms. The number of carbonyl (C=O) groups excluding carboxylic acids is 1. The van der Waals surface area contributed by atoms with Gasteiger partial charge in [0.15, 0.2) is 0 Å². The predicted molar refractivity (Wildman–Crippen MR) is 74.5 cm³/mol. The number of aryl methyl sites for hydroxylation is 1. The molecule has 0 radical (unpaired) electrons. The number of hydrogen-bond donors (Lipinski definition) is 2. The van der Waals surface area contributed by atoms with Crippen LogP contribution in [-0.4, -0.2) is 28.9 Å². The highest BCUT2D eigenvalue weighted by Crippen LogP contribution is 2.34. The van der Waals surface area contributed by atoms with Gasteiger partial charge in [-0.3, -0.25) is 4.79 Å². The summed E-state index contributed by atoms with van der Waals surface area (Å²) in [4.78, 5) is 11.7. The second kappa shape index (κ2) is 5.76. The lowest BCUT2D eigenvalue weighted by atomic mass is 10.2. The molecule has 3 nitrogen and oxygen atoms in total. The van der Waals surface area contributed by atoms with Crippen LogP contribution in [0.15, 0.2) is 24.3 Å². The Bertz CT molecular complexity index is 430. The van der Waals surface area contributed by atoms with Crippen LogP contribution in [0.2, 0.25) is 0 Å². The number of benzene rings is 1. The maximum atomic E-state index is 11.7. The summed E-state index contributed by atoms with van der Waals surface area (Å²) in [5.74, 6) is 1.33. The van der Waals surface area contributed by atoms with Crippen molar-refractivity contribution < 1.29 is 9.90 Å². The Labute approximate surface area is 112 Å². The molecule has 1 aromatic rings. The van der Waals surface area contributed by atoms with Crippen molar-refractivity contribution in [3.63, 3.8) is 0 Å². The summed E-state index contributed by atoms with van der Waals surface area (Å²) in [6.07, 6.45) is 1.80.